The average Bonchev–Trinajstić information content (AvgIpc) is 2.53. The quantitative estimate of drug-likeness (QED) is 0.801. The van der Waals surface area contributed by atoms with Gasteiger partial charge in [-0.3, -0.25) is 9.59 Å². The van der Waals surface area contributed by atoms with E-state index in [4.69, 9.17) is 14.4 Å². The number of hydrogen-bond acceptors (Lipinski definition) is 5. The van der Waals surface area contributed by atoms with E-state index in [1.54, 1.807) is 24.3 Å². The Morgan fingerprint density at radius 2 is 2.19 bits per heavy atom. The van der Waals surface area contributed by atoms with Gasteiger partial charge in [0.1, 0.15) is 12.3 Å². The SMILES string of the molecule is [2H]OC(=O)CN([2H])C(=O)c1ncc(-c2cccc(Cl)c2)cc1O. The summed E-state index contributed by atoms with van der Waals surface area (Å²) >= 11 is 5.89. The molecule has 0 aliphatic heterocycles. The maximum absolute atomic E-state index is 11.9. The van der Waals surface area contributed by atoms with Crippen LogP contribution < -0.4 is 5.31 Å². The molecule has 7 heteroatoms. The molecular formula is C14H11ClN2O4. The largest absolute Gasteiger partial charge is 0.505 e. The summed E-state index contributed by atoms with van der Waals surface area (Å²) in [4.78, 5) is 26.7. The molecule has 0 spiro atoms. The van der Waals surface area contributed by atoms with Crippen molar-refractivity contribution >= 4 is 23.5 Å². The number of aliphatic carboxylic acids is 1. The number of pyridine rings is 1. The average molecular weight is 309 g/mol. The summed E-state index contributed by atoms with van der Waals surface area (Å²) in [5, 5.41) is 14.3. The minimum Gasteiger partial charge on any atom is -0.505 e. The molecule has 2 rings (SSSR count). The molecule has 1 aromatic heterocycles. The highest BCUT2D eigenvalue weighted by molar-refractivity contribution is 6.30. The third-order valence-electron chi connectivity index (χ3n) is 2.58. The van der Waals surface area contributed by atoms with Gasteiger partial charge >= 0.3 is 5.97 Å². The van der Waals surface area contributed by atoms with Gasteiger partial charge in [0.05, 0.1) is 0 Å². The molecule has 0 bridgehead atoms. The van der Waals surface area contributed by atoms with Crippen LogP contribution in [-0.2, 0) is 4.79 Å². The van der Waals surface area contributed by atoms with Gasteiger partial charge in [-0.2, -0.15) is 0 Å². The van der Waals surface area contributed by atoms with Gasteiger partial charge in [0.15, 0.2) is 7.11 Å². The van der Waals surface area contributed by atoms with Crippen LogP contribution in [0.15, 0.2) is 36.5 Å². The Balaban J connectivity index is 2.25. The number of amides is 1. The van der Waals surface area contributed by atoms with Gasteiger partial charge in [-0.25, -0.2) is 4.98 Å². The summed E-state index contributed by atoms with van der Waals surface area (Å²) < 4.78 is 13.8. The maximum Gasteiger partial charge on any atom is 0.322 e. The number of carboxylic acid groups (broad SMARTS) is 1. The van der Waals surface area contributed by atoms with E-state index in [2.05, 4.69) is 10.1 Å². The third kappa shape index (κ3) is 3.70. The summed E-state index contributed by atoms with van der Waals surface area (Å²) in [6.07, 6.45) is 1.34. The lowest BCUT2D eigenvalue weighted by Gasteiger charge is -2.07. The molecule has 0 aliphatic carbocycles. The number of carbonyl (C=O) groups is 2. The van der Waals surface area contributed by atoms with E-state index in [1.807, 2.05) is 0 Å². The monoisotopic (exact) mass is 308 g/mol. The second-order valence-electron chi connectivity index (χ2n) is 4.10. The molecule has 1 heterocycles. The minimum atomic E-state index is -1.08. The van der Waals surface area contributed by atoms with Crippen LogP contribution in [0.2, 0.25) is 6.43 Å². The van der Waals surface area contributed by atoms with Crippen molar-refractivity contribution in [3.05, 3.63) is 47.2 Å². The normalized spacial score (nSPS) is 11.3. The highest BCUT2D eigenvalue weighted by Gasteiger charge is 2.14. The van der Waals surface area contributed by atoms with Crippen molar-refractivity contribution in [3.8, 4) is 16.9 Å². The predicted octanol–water partition coefficient (Wildman–Crippen LogP) is 1.92. The molecule has 0 aliphatic rings. The fourth-order valence-electron chi connectivity index (χ4n) is 1.66. The molecule has 0 fully saturated rings. The first-order valence-electron chi connectivity index (χ1n) is 6.69. The fraction of sp³-hybridized carbons (Fsp3) is 0.0714. The zero-order chi connectivity index (χ0) is 17.0. The number of aromatic nitrogens is 1. The van der Waals surface area contributed by atoms with Gasteiger partial charge in [0, 0.05) is 16.8 Å². The van der Waals surface area contributed by atoms with E-state index in [1.165, 1.54) is 12.3 Å². The molecule has 1 aromatic carbocycles. The second kappa shape index (κ2) is 6.23. The van der Waals surface area contributed by atoms with Gasteiger partial charge in [0.2, 0.25) is 0 Å². The third-order valence-corrected chi connectivity index (χ3v) is 2.81. The van der Waals surface area contributed by atoms with E-state index < -0.39 is 24.2 Å². The van der Waals surface area contributed by atoms with Crippen LogP contribution in [-0.4, -0.2) is 33.6 Å². The van der Waals surface area contributed by atoms with Crippen LogP contribution in [0.25, 0.3) is 12.6 Å². The van der Waals surface area contributed by atoms with E-state index in [0.717, 1.165) is 0 Å². The zero-order valence-electron chi connectivity index (χ0n) is 12.6. The number of carbonyl (C=O) groups excluding carboxylic acids is 1. The first-order valence-corrected chi connectivity index (χ1v) is 6.22. The molecule has 0 unspecified atom stereocenters. The number of nitrogens with one attached hydrogen (secondary N) is 1. The van der Waals surface area contributed by atoms with E-state index >= 15 is 0 Å². The van der Waals surface area contributed by atoms with Gasteiger partial charge in [-0.05, 0) is 23.8 Å². The summed E-state index contributed by atoms with van der Waals surface area (Å²) in [5.41, 5.74) is 0.840. The molecule has 0 radical (unpaired) electrons. The maximum atomic E-state index is 11.9. The van der Waals surface area contributed by atoms with Gasteiger partial charge < -0.3 is 15.5 Å². The van der Waals surface area contributed by atoms with E-state index in [-0.39, 0.29) is 11.0 Å². The van der Waals surface area contributed by atoms with Crippen LogP contribution in [0.4, 0.5) is 0 Å². The molecule has 0 saturated carbocycles. The van der Waals surface area contributed by atoms with Crippen molar-refractivity contribution in [3.63, 3.8) is 0 Å². The lowest BCUT2D eigenvalue weighted by atomic mass is 10.1. The smallest absolute Gasteiger partial charge is 0.322 e. The molecule has 1 amide bonds. The van der Waals surface area contributed by atoms with Gasteiger partial charge in [-0.1, -0.05) is 23.7 Å². The number of halogens is 1. The highest BCUT2D eigenvalue weighted by Crippen LogP contribution is 2.26. The Morgan fingerprint density at radius 3 is 2.86 bits per heavy atom. The van der Waals surface area contributed by atoms with Crippen LogP contribution in [0, 0.1) is 0 Å². The number of nitrogens with zero attached hydrogens (tertiary/aromatic N) is 1. The first-order chi connectivity index (χ1) is 10.9. The van der Waals surface area contributed by atoms with E-state index in [0.29, 0.717) is 16.1 Å². The van der Waals surface area contributed by atoms with Crippen molar-refractivity contribution in [2.75, 3.05) is 6.54 Å². The number of carboxylic acids is 1. The summed E-state index contributed by atoms with van der Waals surface area (Å²) in [5.74, 6) is -2.52. The van der Waals surface area contributed by atoms with Gasteiger partial charge in [-0.15, -0.1) is 0 Å². The van der Waals surface area contributed by atoms with Crippen molar-refractivity contribution in [1.82, 2.24) is 10.3 Å². The molecule has 6 nitrogen and oxygen atoms in total. The second-order valence-corrected chi connectivity index (χ2v) is 4.53. The van der Waals surface area contributed by atoms with Crippen molar-refractivity contribution in [2.24, 2.45) is 0 Å². The summed E-state index contributed by atoms with van der Waals surface area (Å²) in [6, 6.07) is 8.15. The van der Waals surface area contributed by atoms with E-state index in [9.17, 15) is 14.7 Å². The molecule has 2 aromatic rings. The summed E-state index contributed by atoms with van der Waals surface area (Å²) in [6.45, 7) is -0.750. The molecule has 0 atom stereocenters. The number of hydrogen-bond donors (Lipinski definition) is 3. The van der Waals surface area contributed by atoms with Crippen LogP contribution >= 0.6 is 11.6 Å². The Labute approximate surface area is 128 Å². The Bertz CT molecular complexity index is 757. The highest BCUT2D eigenvalue weighted by atomic mass is 35.5. The first kappa shape index (κ1) is 12.2. The lowest BCUT2D eigenvalue weighted by molar-refractivity contribution is -0.135. The Kier molecular flexibility index (Phi) is 3.61. The topological polar surface area (TPSA) is 99.5 Å². The van der Waals surface area contributed by atoms with Crippen molar-refractivity contribution < 1.29 is 21.2 Å². The van der Waals surface area contributed by atoms with Crippen LogP contribution in [0.3, 0.4) is 0 Å². The Morgan fingerprint density at radius 1 is 1.38 bits per heavy atom. The molecule has 0 saturated heterocycles. The molecule has 108 valence electrons. The predicted molar refractivity (Wildman–Crippen MR) is 76.3 cm³/mol. The molecule has 3 N–H and O–H groups in total. The standard InChI is InChI=1S/C14H11ClN2O4/c15-10-3-1-2-8(4-10)9-5-11(18)13(16-6-9)14(21)17-7-12(19)20/h1-6,18H,7H2,(H,17,21)(H,19,20)/i/hD2. The van der Waals surface area contributed by atoms with Crippen LogP contribution in [0.1, 0.15) is 10.5 Å². The number of benzene rings is 1. The summed E-state index contributed by atoms with van der Waals surface area (Å²) in [7, 11) is 0. The van der Waals surface area contributed by atoms with Gasteiger partial charge in [0.25, 0.3) is 7.34 Å². The van der Waals surface area contributed by atoms with Crippen LogP contribution in [0.5, 0.6) is 5.75 Å². The lowest BCUT2D eigenvalue weighted by Crippen LogP contribution is -2.29. The molecule has 21 heavy (non-hydrogen) atoms. The number of aromatic hydroxyl groups is 1. The molecular weight excluding hydrogens is 296 g/mol. The zero-order valence-corrected chi connectivity index (χ0v) is 11.4. The Hall–Kier alpha value is -2.60. The van der Waals surface area contributed by atoms with Crippen molar-refractivity contribution in [2.45, 2.75) is 0 Å². The minimum absolute atomic E-state index is 0.248. The van der Waals surface area contributed by atoms with Crippen molar-refractivity contribution in [1.29, 1.82) is 1.43 Å². The number of rotatable bonds is 4. The fourth-order valence-corrected chi connectivity index (χ4v) is 1.85.